The predicted octanol–water partition coefficient (Wildman–Crippen LogP) is 1.95. The van der Waals surface area contributed by atoms with E-state index in [1.807, 2.05) is 30.3 Å². The van der Waals surface area contributed by atoms with Crippen molar-refractivity contribution in [3.05, 3.63) is 36.5 Å². The number of aromatic nitrogens is 1. The zero-order valence-corrected chi connectivity index (χ0v) is 13.4. The molecule has 7 nitrogen and oxygen atoms in total. The van der Waals surface area contributed by atoms with Gasteiger partial charge in [-0.1, -0.05) is 24.6 Å². The van der Waals surface area contributed by atoms with Crippen LogP contribution in [0.1, 0.15) is 25.7 Å². The third-order valence-corrected chi connectivity index (χ3v) is 3.70. The molecule has 3 N–H and O–H groups in total. The molecule has 0 aliphatic rings. The summed E-state index contributed by atoms with van der Waals surface area (Å²) in [5.41, 5.74) is 1.44. The minimum absolute atomic E-state index is 0.0354. The van der Waals surface area contributed by atoms with Crippen molar-refractivity contribution in [1.82, 2.24) is 4.98 Å². The monoisotopic (exact) mass is 337 g/mol. The van der Waals surface area contributed by atoms with Gasteiger partial charge in [0.05, 0.1) is 17.8 Å². The van der Waals surface area contributed by atoms with Gasteiger partial charge in [-0.25, -0.2) is 5.14 Å². The molecule has 0 aliphatic heterocycles. The topological polar surface area (TPSA) is 111 Å². The first kappa shape index (κ1) is 17.3. The first-order valence-electron chi connectivity index (χ1n) is 7.26. The van der Waals surface area contributed by atoms with E-state index in [1.54, 1.807) is 6.20 Å². The number of anilines is 1. The zero-order valence-electron chi connectivity index (χ0n) is 12.6. The number of hydrogen-bond donors (Lipinski definition) is 2. The highest BCUT2D eigenvalue weighted by atomic mass is 32.2. The molecule has 8 heteroatoms. The van der Waals surface area contributed by atoms with Gasteiger partial charge in [-0.3, -0.25) is 14.0 Å². The van der Waals surface area contributed by atoms with Gasteiger partial charge >= 0.3 is 10.3 Å². The van der Waals surface area contributed by atoms with Crippen LogP contribution in [0.15, 0.2) is 36.5 Å². The second kappa shape index (κ2) is 8.00. The SMILES string of the molecule is NS(=O)(=O)OCCCCCC(=O)Nc1cccc2cccnc12. The standard InChI is InChI=1S/C15H19N3O4S/c16-23(20,21)22-11-3-1-2-9-14(19)18-13-8-4-6-12-7-5-10-17-15(12)13/h4-8,10H,1-3,9,11H2,(H,18,19)(H2,16,20,21). The summed E-state index contributed by atoms with van der Waals surface area (Å²) >= 11 is 0. The van der Waals surface area contributed by atoms with Gasteiger partial charge in [0.15, 0.2) is 0 Å². The van der Waals surface area contributed by atoms with Gasteiger partial charge in [-0.2, -0.15) is 8.42 Å². The number of unbranched alkanes of at least 4 members (excludes halogenated alkanes) is 2. The number of amides is 1. The smallest absolute Gasteiger partial charge is 0.324 e. The fraction of sp³-hybridized carbons (Fsp3) is 0.333. The minimum atomic E-state index is -3.88. The second-order valence-electron chi connectivity index (χ2n) is 5.05. The number of benzene rings is 1. The lowest BCUT2D eigenvalue weighted by molar-refractivity contribution is -0.116. The van der Waals surface area contributed by atoms with Crippen molar-refractivity contribution in [1.29, 1.82) is 0 Å². The van der Waals surface area contributed by atoms with Crippen LogP contribution in [-0.2, 0) is 19.3 Å². The van der Waals surface area contributed by atoms with Crippen molar-refractivity contribution in [3.8, 4) is 0 Å². The van der Waals surface area contributed by atoms with E-state index < -0.39 is 10.3 Å². The van der Waals surface area contributed by atoms with Crippen LogP contribution in [0.5, 0.6) is 0 Å². The molecule has 1 amide bonds. The van der Waals surface area contributed by atoms with Gasteiger partial charge < -0.3 is 5.32 Å². The molecule has 1 aromatic carbocycles. The average Bonchev–Trinajstić information content (AvgIpc) is 2.50. The van der Waals surface area contributed by atoms with E-state index in [0.29, 0.717) is 31.4 Å². The Morgan fingerprint density at radius 1 is 1.17 bits per heavy atom. The van der Waals surface area contributed by atoms with Crippen LogP contribution in [0.3, 0.4) is 0 Å². The number of nitrogens with two attached hydrogens (primary N) is 1. The van der Waals surface area contributed by atoms with Gasteiger partial charge in [0, 0.05) is 18.0 Å². The number of pyridine rings is 1. The number of fused-ring (bicyclic) bond motifs is 1. The summed E-state index contributed by atoms with van der Waals surface area (Å²) in [5, 5.41) is 8.52. The summed E-state index contributed by atoms with van der Waals surface area (Å²) in [6.07, 6.45) is 3.87. The number of nitrogens with one attached hydrogen (secondary N) is 1. The molecular formula is C15H19N3O4S. The molecule has 0 aliphatic carbocycles. The fourth-order valence-corrected chi connectivity index (χ4v) is 2.51. The lowest BCUT2D eigenvalue weighted by atomic mass is 10.1. The molecule has 1 aromatic heterocycles. The Morgan fingerprint density at radius 2 is 1.96 bits per heavy atom. The van der Waals surface area contributed by atoms with E-state index in [4.69, 9.17) is 5.14 Å². The van der Waals surface area contributed by atoms with E-state index in [9.17, 15) is 13.2 Å². The molecule has 0 fully saturated rings. The molecular weight excluding hydrogens is 318 g/mol. The van der Waals surface area contributed by atoms with Crippen LogP contribution in [0.2, 0.25) is 0 Å². The van der Waals surface area contributed by atoms with Gasteiger partial charge in [0.1, 0.15) is 0 Å². The normalized spacial score (nSPS) is 11.5. The van der Waals surface area contributed by atoms with Crippen LogP contribution in [0.25, 0.3) is 10.9 Å². The van der Waals surface area contributed by atoms with E-state index >= 15 is 0 Å². The Morgan fingerprint density at radius 3 is 2.74 bits per heavy atom. The first-order valence-corrected chi connectivity index (χ1v) is 8.73. The number of rotatable bonds is 8. The van der Waals surface area contributed by atoms with Crippen LogP contribution in [-0.4, -0.2) is 25.9 Å². The lowest BCUT2D eigenvalue weighted by Gasteiger charge is -2.08. The summed E-state index contributed by atoms with van der Waals surface area (Å²) in [5.74, 6) is -0.101. The maximum absolute atomic E-state index is 12.0. The molecule has 0 unspecified atom stereocenters. The van der Waals surface area contributed by atoms with Crippen molar-refractivity contribution in [2.24, 2.45) is 5.14 Å². The van der Waals surface area contributed by atoms with Gasteiger partial charge in [-0.15, -0.1) is 0 Å². The number of carbonyl (C=O) groups excluding carboxylic acids is 1. The van der Waals surface area contributed by atoms with Crippen molar-refractivity contribution < 1.29 is 17.4 Å². The Balaban J connectivity index is 1.76. The maximum atomic E-state index is 12.0. The van der Waals surface area contributed by atoms with E-state index in [2.05, 4.69) is 14.5 Å². The Bertz CT molecular complexity index is 772. The molecule has 0 saturated heterocycles. The van der Waals surface area contributed by atoms with Gasteiger partial charge in [0.25, 0.3) is 0 Å². The summed E-state index contributed by atoms with van der Waals surface area (Å²) in [4.78, 5) is 16.2. The summed E-state index contributed by atoms with van der Waals surface area (Å²) in [6.45, 7) is 0.0354. The number of carbonyl (C=O) groups is 1. The number of hydrogen-bond acceptors (Lipinski definition) is 5. The Labute approximate surface area is 135 Å². The fourth-order valence-electron chi connectivity index (χ4n) is 2.16. The molecule has 2 rings (SSSR count). The molecule has 0 bridgehead atoms. The highest BCUT2D eigenvalue weighted by Gasteiger charge is 2.07. The van der Waals surface area contributed by atoms with E-state index in [0.717, 1.165) is 10.9 Å². The molecule has 23 heavy (non-hydrogen) atoms. The third-order valence-electron chi connectivity index (χ3n) is 3.20. The zero-order chi connectivity index (χ0) is 16.7. The van der Waals surface area contributed by atoms with Crippen LogP contribution >= 0.6 is 0 Å². The Hall–Kier alpha value is -2.03. The van der Waals surface area contributed by atoms with Crippen LogP contribution in [0.4, 0.5) is 5.69 Å². The molecule has 124 valence electrons. The summed E-state index contributed by atoms with van der Waals surface area (Å²) < 4.78 is 25.6. The molecule has 2 aromatic rings. The largest absolute Gasteiger partial charge is 0.333 e. The first-order chi connectivity index (χ1) is 11.0. The quantitative estimate of drug-likeness (QED) is 0.715. The third kappa shape index (κ3) is 5.93. The minimum Gasteiger partial charge on any atom is -0.324 e. The molecule has 1 heterocycles. The van der Waals surface area contributed by atoms with Gasteiger partial charge in [0.2, 0.25) is 5.91 Å². The summed E-state index contributed by atoms with van der Waals surface area (Å²) in [7, 11) is -3.88. The highest BCUT2D eigenvalue weighted by molar-refractivity contribution is 7.84. The molecule has 0 atom stereocenters. The van der Waals surface area contributed by atoms with Crippen LogP contribution in [0, 0.1) is 0 Å². The number of para-hydroxylation sites is 1. The van der Waals surface area contributed by atoms with Crippen molar-refractivity contribution >= 4 is 32.8 Å². The van der Waals surface area contributed by atoms with Crippen molar-refractivity contribution in [2.75, 3.05) is 11.9 Å². The van der Waals surface area contributed by atoms with Crippen LogP contribution < -0.4 is 10.5 Å². The second-order valence-corrected chi connectivity index (χ2v) is 6.28. The lowest BCUT2D eigenvalue weighted by Crippen LogP contribution is -2.16. The van der Waals surface area contributed by atoms with E-state index in [1.165, 1.54) is 0 Å². The molecule has 0 saturated carbocycles. The Kier molecular flexibility index (Phi) is 6.03. The van der Waals surface area contributed by atoms with Crippen molar-refractivity contribution in [3.63, 3.8) is 0 Å². The average molecular weight is 337 g/mol. The van der Waals surface area contributed by atoms with E-state index in [-0.39, 0.29) is 12.5 Å². The number of nitrogens with zero attached hydrogens (tertiary/aromatic N) is 1. The van der Waals surface area contributed by atoms with Gasteiger partial charge in [-0.05, 0) is 25.0 Å². The molecule has 0 spiro atoms. The van der Waals surface area contributed by atoms with Crippen molar-refractivity contribution in [2.45, 2.75) is 25.7 Å². The predicted molar refractivity (Wildman–Crippen MR) is 87.9 cm³/mol. The highest BCUT2D eigenvalue weighted by Crippen LogP contribution is 2.20. The summed E-state index contributed by atoms with van der Waals surface area (Å²) in [6, 6.07) is 9.39. The molecule has 0 radical (unpaired) electrons. The maximum Gasteiger partial charge on any atom is 0.333 e.